The van der Waals surface area contributed by atoms with Gasteiger partial charge in [0, 0.05) is 11.1 Å². The van der Waals surface area contributed by atoms with Gasteiger partial charge in [-0.25, -0.2) is 0 Å². The predicted molar refractivity (Wildman–Crippen MR) is 281 cm³/mol. The van der Waals surface area contributed by atoms with Gasteiger partial charge in [0.1, 0.15) is 22.7 Å². The molecule has 14 aromatic rings. The van der Waals surface area contributed by atoms with Gasteiger partial charge in [0.15, 0.2) is 0 Å². The molecule has 14 aromatic carbocycles. The Morgan fingerprint density at radius 1 is 0.324 bits per heavy atom. The first-order valence-electron chi connectivity index (χ1n) is 23.3. The standard InChI is InChI=1S/C64H40O4/c1-33-11-17-45-42(23-33)24-38-14-20-49-59-40(12-18-47(45)57(38)59)31-55(65)61(49)62-50-21-15-39-25-43-26-44(16-22-46(43)48-19-13-41(32-56(62)66)60(50)58(39)48)64(68)53-29-36-9-5-3-7-34(36)27-51(53)63(2,67)52-28-35-8-4-6-10-37(35)30-54(52)64/h3-32,65-68H,1-2H3. The van der Waals surface area contributed by atoms with Crippen LogP contribution in [0.1, 0.15) is 40.3 Å². The van der Waals surface area contributed by atoms with Crippen molar-refractivity contribution in [2.75, 3.05) is 0 Å². The lowest BCUT2D eigenvalue weighted by atomic mass is 9.65. The molecule has 0 unspecified atom stereocenters. The normalized spacial score (nSPS) is 17.4. The van der Waals surface area contributed by atoms with Gasteiger partial charge >= 0.3 is 0 Å². The first-order chi connectivity index (χ1) is 33.0. The summed E-state index contributed by atoms with van der Waals surface area (Å²) in [6.45, 7) is 3.96. The van der Waals surface area contributed by atoms with E-state index in [9.17, 15) is 20.4 Å². The molecule has 0 saturated heterocycles. The fourth-order valence-corrected chi connectivity index (χ4v) is 12.7. The van der Waals surface area contributed by atoms with Crippen LogP contribution in [0.3, 0.4) is 0 Å². The predicted octanol–water partition coefficient (Wildman–Crippen LogP) is 15.3. The van der Waals surface area contributed by atoms with Gasteiger partial charge in [0.25, 0.3) is 0 Å². The SMILES string of the molecule is Cc1ccc2c(c1)cc1ccc3c(-c4c(O)cc5ccc6c7ccc(C8(O)c9cc%10ccccc%10cc9C(C)(O)c9cc%10ccccc%10cc98)cc7cc7ccc4c5c76)c(O)cc4ccc2c1c43. The molecule has 15 rings (SSSR count). The van der Waals surface area contributed by atoms with Crippen molar-refractivity contribution < 1.29 is 20.4 Å². The molecular formula is C64H40O4. The molecular weight excluding hydrogens is 833 g/mol. The van der Waals surface area contributed by atoms with E-state index in [1.54, 1.807) is 0 Å². The molecule has 0 aromatic heterocycles. The summed E-state index contributed by atoms with van der Waals surface area (Å²) in [5, 5.41) is 71.1. The highest BCUT2D eigenvalue weighted by atomic mass is 16.3. The lowest BCUT2D eigenvalue weighted by Crippen LogP contribution is -2.42. The van der Waals surface area contributed by atoms with Gasteiger partial charge in [-0.05, 0) is 204 Å². The zero-order valence-corrected chi connectivity index (χ0v) is 37.1. The Balaban J connectivity index is 0.968. The molecule has 1 aliphatic rings. The fraction of sp³-hybridized carbons (Fsp3) is 0.0625. The lowest BCUT2D eigenvalue weighted by molar-refractivity contribution is 0.0621. The third-order valence-corrected chi connectivity index (χ3v) is 15.8. The van der Waals surface area contributed by atoms with Crippen molar-refractivity contribution in [2.45, 2.75) is 25.0 Å². The molecule has 1 aliphatic carbocycles. The summed E-state index contributed by atoms with van der Waals surface area (Å²) in [7, 11) is 0. The van der Waals surface area contributed by atoms with Crippen molar-refractivity contribution in [2.24, 2.45) is 0 Å². The van der Waals surface area contributed by atoms with E-state index < -0.39 is 11.2 Å². The number of phenols is 2. The molecule has 0 heterocycles. The average Bonchev–Trinajstić information content (AvgIpc) is 3.35. The van der Waals surface area contributed by atoms with Crippen LogP contribution in [0, 0.1) is 6.92 Å². The largest absolute Gasteiger partial charge is 0.507 e. The van der Waals surface area contributed by atoms with Gasteiger partial charge < -0.3 is 20.4 Å². The summed E-state index contributed by atoms with van der Waals surface area (Å²) in [4.78, 5) is 0. The maximum absolute atomic E-state index is 13.7. The minimum absolute atomic E-state index is 0.109. The molecule has 0 radical (unpaired) electrons. The Morgan fingerprint density at radius 2 is 0.706 bits per heavy atom. The second-order valence-electron chi connectivity index (χ2n) is 19.6. The zero-order valence-electron chi connectivity index (χ0n) is 37.1. The number of hydrogen-bond acceptors (Lipinski definition) is 4. The second-order valence-corrected chi connectivity index (χ2v) is 19.6. The number of rotatable bonds is 2. The van der Waals surface area contributed by atoms with Gasteiger partial charge in [-0.3, -0.25) is 0 Å². The maximum atomic E-state index is 13.7. The number of benzene rings is 14. The van der Waals surface area contributed by atoms with Crippen LogP contribution in [0.15, 0.2) is 182 Å². The summed E-state index contributed by atoms with van der Waals surface area (Å²) in [5.41, 5.74) is 2.84. The van der Waals surface area contributed by atoms with Gasteiger partial charge in [-0.1, -0.05) is 133 Å². The Labute approximate surface area is 389 Å². The van der Waals surface area contributed by atoms with Crippen LogP contribution in [-0.4, -0.2) is 20.4 Å². The lowest BCUT2D eigenvalue weighted by Gasteiger charge is -2.44. The van der Waals surface area contributed by atoms with E-state index in [4.69, 9.17) is 0 Å². The van der Waals surface area contributed by atoms with Crippen LogP contribution in [0.5, 0.6) is 11.5 Å². The Bertz CT molecular complexity index is 4490. The third-order valence-electron chi connectivity index (χ3n) is 15.8. The number of aliphatic hydroxyl groups is 2. The molecule has 68 heavy (non-hydrogen) atoms. The minimum atomic E-state index is -1.60. The van der Waals surface area contributed by atoms with Crippen molar-refractivity contribution in [1.29, 1.82) is 0 Å². The van der Waals surface area contributed by atoms with E-state index in [-0.39, 0.29) is 11.5 Å². The highest BCUT2D eigenvalue weighted by molar-refractivity contribution is 6.34. The molecule has 0 spiro atoms. The summed E-state index contributed by atoms with van der Waals surface area (Å²) in [6.07, 6.45) is 0. The molecule has 0 aliphatic heterocycles. The second kappa shape index (κ2) is 12.8. The Hall–Kier alpha value is -8.28. The summed E-state index contributed by atoms with van der Waals surface area (Å²) in [6, 6.07) is 62.4. The van der Waals surface area contributed by atoms with Crippen LogP contribution >= 0.6 is 0 Å². The average molecular weight is 873 g/mol. The van der Waals surface area contributed by atoms with Crippen molar-refractivity contribution in [3.05, 3.63) is 215 Å². The minimum Gasteiger partial charge on any atom is -0.507 e. The number of hydrogen-bond donors (Lipinski definition) is 4. The molecule has 320 valence electrons. The summed E-state index contributed by atoms with van der Waals surface area (Å²) < 4.78 is 0. The number of phenolic OH excluding ortho intramolecular Hbond substituents is 2. The Morgan fingerprint density at radius 3 is 1.19 bits per heavy atom. The van der Waals surface area contributed by atoms with Crippen LogP contribution in [-0.2, 0) is 11.2 Å². The van der Waals surface area contributed by atoms with Crippen LogP contribution in [0.2, 0.25) is 0 Å². The van der Waals surface area contributed by atoms with Crippen molar-refractivity contribution in [3.8, 4) is 22.6 Å². The number of aromatic hydroxyl groups is 2. The van der Waals surface area contributed by atoms with Crippen molar-refractivity contribution >= 4 is 108 Å². The van der Waals surface area contributed by atoms with E-state index >= 15 is 0 Å². The van der Waals surface area contributed by atoms with Crippen LogP contribution < -0.4 is 0 Å². The van der Waals surface area contributed by atoms with Gasteiger partial charge in [-0.15, -0.1) is 0 Å². The molecule has 0 fully saturated rings. The van der Waals surface area contributed by atoms with E-state index in [2.05, 4.69) is 134 Å². The van der Waals surface area contributed by atoms with E-state index in [0.29, 0.717) is 38.9 Å². The Kier molecular flexibility index (Phi) is 7.12. The molecule has 4 N–H and O–H groups in total. The van der Waals surface area contributed by atoms with Gasteiger partial charge in [0.2, 0.25) is 0 Å². The third kappa shape index (κ3) is 4.75. The molecule has 4 nitrogen and oxygen atoms in total. The highest BCUT2D eigenvalue weighted by Gasteiger charge is 2.48. The molecule has 0 saturated carbocycles. The van der Waals surface area contributed by atoms with E-state index in [1.807, 2.05) is 61.5 Å². The fourth-order valence-electron chi connectivity index (χ4n) is 12.7. The quantitative estimate of drug-likeness (QED) is 0.103. The number of fused-ring (bicyclic) bond motifs is 8. The van der Waals surface area contributed by atoms with Gasteiger partial charge in [0.05, 0.1) is 0 Å². The highest BCUT2D eigenvalue weighted by Crippen LogP contribution is 2.55. The summed E-state index contributed by atoms with van der Waals surface area (Å²) in [5.74, 6) is 0.225. The monoisotopic (exact) mass is 872 g/mol. The van der Waals surface area contributed by atoms with Crippen LogP contribution in [0.4, 0.5) is 0 Å². The van der Waals surface area contributed by atoms with Gasteiger partial charge in [-0.2, -0.15) is 0 Å². The molecule has 4 heteroatoms. The topological polar surface area (TPSA) is 80.9 Å². The smallest absolute Gasteiger partial charge is 0.141 e. The molecule has 0 amide bonds. The van der Waals surface area contributed by atoms with E-state index in [1.165, 1.54) is 21.7 Å². The van der Waals surface area contributed by atoms with Crippen LogP contribution in [0.25, 0.3) is 119 Å². The zero-order chi connectivity index (χ0) is 45.5. The first-order valence-corrected chi connectivity index (χ1v) is 23.3. The molecule has 0 atom stereocenters. The number of aryl methyl sites for hydroxylation is 1. The molecule has 0 bridgehead atoms. The van der Waals surface area contributed by atoms with E-state index in [0.717, 1.165) is 91.6 Å². The first kappa shape index (κ1) is 37.9. The van der Waals surface area contributed by atoms with Crippen molar-refractivity contribution in [1.82, 2.24) is 0 Å². The summed E-state index contributed by atoms with van der Waals surface area (Å²) >= 11 is 0. The van der Waals surface area contributed by atoms with Crippen molar-refractivity contribution in [3.63, 3.8) is 0 Å². The maximum Gasteiger partial charge on any atom is 0.141 e.